The maximum Gasteiger partial charge on any atom is 0.252 e. The molecule has 2 aromatic rings. The van der Waals surface area contributed by atoms with Crippen LogP contribution in [0.4, 0.5) is 0 Å². The molecule has 4 heterocycles. The van der Waals surface area contributed by atoms with E-state index in [1.807, 2.05) is 35.6 Å². The lowest BCUT2D eigenvalue weighted by Gasteiger charge is -2.47. The number of hydrogen-bond acceptors (Lipinski definition) is 4. The van der Waals surface area contributed by atoms with E-state index in [0.29, 0.717) is 23.9 Å². The molecule has 2 fully saturated rings. The van der Waals surface area contributed by atoms with Crippen molar-refractivity contribution in [1.29, 1.82) is 0 Å². The van der Waals surface area contributed by atoms with Gasteiger partial charge in [-0.2, -0.15) is 0 Å². The Hall–Kier alpha value is -2.18. The van der Waals surface area contributed by atoms with Crippen LogP contribution in [0.1, 0.15) is 52.5 Å². The van der Waals surface area contributed by atoms with Gasteiger partial charge in [0.2, 0.25) is 5.91 Å². The van der Waals surface area contributed by atoms with Crippen molar-refractivity contribution in [3.63, 3.8) is 0 Å². The average Bonchev–Trinajstić information content (AvgIpc) is 3.36. The second-order valence-electron chi connectivity index (χ2n) is 8.48. The summed E-state index contributed by atoms with van der Waals surface area (Å²) in [5.41, 5.74) is 1.67. The largest absolute Gasteiger partial charge is 0.345 e. The molecule has 1 aromatic carbocycles. The Morgan fingerprint density at radius 1 is 1.14 bits per heavy atom. The Labute approximate surface area is 175 Å². The fourth-order valence-electron chi connectivity index (χ4n) is 5.33. The highest BCUT2D eigenvalue weighted by Crippen LogP contribution is 2.34. The first-order chi connectivity index (χ1) is 14.2. The van der Waals surface area contributed by atoms with Gasteiger partial charge in [-0.15, -0.1) is 11.3 Å². The van der Waals surface area contributed by atoms with Crippen molar-refractivity contribution in [3.8, 4) is 0 Å². The van der Waals surface area contributed by atoms with Crippen LogP contribution in [0.3, 0.4) is 0 Å². The number of thiophene rings is 1. The first-order valence-corrected chi connectivity index (χ1v) is 11.5. The normalized spacial score (nSPS) is 26.7. The van der Waals surface area contributed by atoms with Gasteiger partial charge in [-0.05, 0) is 48.3 Å². The molecule has 29 heavy (non-hydrogen) atoms. The fraction of sp³-hybridized carbons (Fsp3) is 0.478. The Morgan fingerprint density at radius 2 is 2.03 bits per heavy atom. The standard InChI is InChI=1S/C23H27N3O2S/c27-22(13-20-18-7-1-2-8-19(18)23(28)24-20)26-10-3-5-16-14-25(11-9-21(16)26)15-17-6-4-12-29-17/h1-2,4,6-8,12,16,20-21H,3,5,9-11,13-15H2,(H,24,28)/t16-,20?,21-/m1/s1. The molecule has 152 valence electrons. The third-order valence-corrected chi connectivity index (χ3v) is 7.56. The molecule has 5 nitrogen and oxygen atoms in total. The molecule has 0 spiro atoms. The molecular weight excluding hydrogens is 382 g/mol. The Kier molecular flexibility index (Phi) is 5.14. The number of hydrogen-bond donors (Lipinski definition) is 1. The number of benzene rings is 1. The SMILES string of the molecule is O=C1NC(CC(=O)N2CCC[C@@H]3CN(Cc4cccs4)CC[C@H]32)c2ccccc21. The molecule has 3 aliphatic rings. The van der Waals surface area contributed by atoms with Gasteiger partial charge in [-0.3, -0.25) is 14.5 Å². The van der Waals surface area contributed by atoms with Crippen molar-refractivity contribution < 1.29 is 9.59 Å². The molecule has 1 aromatic heterocycles. The molecule has 3 aliphatic heterocycles. The number of nitrogens with zero attached hydrogens (tertiary/aromatic N) is 2. The van der Waals surface area contributed by atoms with Crippen LogP contribution in [0.15, 0.2) is 41.8 Å². The number of nitrogens with one attached hydrogen (secondary N) is 1. The lowest BCUT2D eigenvalue weighted by atomic mass is 9.83. The maximum absolute atomic E-state index is 13.2. The summed E-state index contributed by atoms with van der Waals surface area (Å²) in [5, 5.41) is 5.14. The van der Waals surface area contributed by atoms with E-state index in [-0.39, 0.29) is 17.9 Å². The molecule has 0 radical (unpaired) electrons. The van der Waals surface area contributed by atoms with E-state index in [1.54, 1.807) is 0 Å². The highest BCUT2D eigenvalue weighted by molar-refractivity contribution is 7.09. The molecule has 0 bridgehead atoms. The smallest absolute Gasteiger partial charge is 0.252 e. The van der Waals surface area contributed by atoms with Gasteiger partial charge in [0, 0.05) is 42.7 Å². The van der Waals surface area contributed by atoms with Gasteiger partial charge in [0.15, 0.2) is 0 Å². The number of amides is 2. The monoisotopic (exact) mass is 409 g/mol. The van der Waals surface area contributed by atoms with Crippen LogP contribution < -0.4 is 5.32 Å². The zero-order chi connectivity index (χ0) is 19.8. The van der Waals surface area contributed by atoms with Crippen LogP contribution in [-0.2, 0) is 11.3 Å². The lowest BCUT2D eigenvalue weighted by molar-refractivity contribution is -0.139. The van der Waals surface area contributed by atoms with Crippen molar-refractivity contribution in [2.45, 2.75) is 44.3 Å². The van der Waals surface area contributed by atoms with Gasteiger partial charge < -0.3 is 10.2 Å². The molecule has 3 atom stereocenters. The molecule has 0 aliphatic carbocycles. The van der Waals surface area contributed by atoms with Gasteiger partial charge in [0.05, 0.1) is 12.5 Å². The fourth-order valence-corrected chi connectivity index (χ4v) is 6.08. The summed E-state index contributed by atoms with van der Waals surface area (Å²) >= 11 is 1.82. The summed E-state index contributed by atoms with van der Waals surface area (Å²) in [6, 6.07) is 12.1. The Balaban J connectivity index is 1.24. The highest BCUT2D eigenvalue weighted by Gasteiger charge is 2.39. The topological polar surface area (TPSA) is 52.7 Å². The summed E-state index contributed by atoms with van der Waals surface area (Å²) in [7, 11) is 0. The van der Waals surface area contributed by atoms with Crippen molar-refractivity contribution in [1.82, 2.24) is 15.1 Å². The Bertz CT molecular complexity index is 897. The number of piperidine rings is 2. The molecule has 1 N–H and O–H groups in total. The average molecular weight is 410 g/mol. The minimum atomic E-state index is -0.189. The van der Waals surface area contributed by atoms with Crippen molar-refractivity contribution in [2.75, 3.05) is 19.6 Å². The van der Waals surface area contributed by atoms with Crippen LogP contribution in [0.25, 0.3) is 0 Å². The summed E-state index contributed by atoms with van der Waals surface area (Å²) in [6.07, 6.45) is 3.70. The summed E-state index contributed by atoms with van der Waals surface area (Å²) in [6.45, 7) is 4.01. The van der Waals surface area contributed by atoms with Crippen molar-refractivity contribution in [3.05, 3.63) is 57.8 Å². The van der Waals surface area contributed by atoms with Crippen molar-refractivity contribution >= 4 is 23.2 Å². The number of carbonyl (C=O) groups is 2. The second-order valence-corrected chi connectivity index (χ2v) is 9.51. The van der Waals surface area contributed by atoms with Crippen molar-refractivity contribution in [2.24, 2.45) is 5.92 Å². The number of carbonyl (C=O) groups excluding carboxylic acids is 2. The molecule has 2 amide bonds. The predicted molar refractivity (Wildman–Crippen MR) is 114 cm³/mol. The predicted octanol–water partition coefficient (Wildman–Crippen LogP) is 3.44. The van der Waals surface area contributed by atoms with Crippen LogP contribution in [0.5, 0.6) is 0 Å². The van der Waals surface area contributed by atoms with Gasteiger partial charge in [0.1, 0.15) is 0 Å². The van der Waals surface area contributed by atoms with Gasteiger partial charge in [-0.25, -0.2) is 0 Å². The minimum absolute atomic E-state index is 0.0585. The third kappa shape index (κ3) is 3.71. The molecule has 1 unspecified atom stereocenters. The quantitative estimate of drug-likeness (QED) is 0.842. The number of likely N-dealkylation sites (tertiary alicyclic amines) is 2. The van der Waals surface area contributed by atoms with E-state index >= 15 is 0 Å². The number of rotatable bonds is 4. The van der Waals surface area contributed by atoms with E-state index in [4.69, 9.17) is 0 Å². The molecule has 2 saturated heterocycles. The van der Waals surface area contributed by atoms with E-state index in [9.17, 15) is 9.59 Å². The first-order valence-electron chi connectivity index (χ1n) is 10.6. The highest BCUT2D eigenvalue weighted by atomic mass is 32.1. The lowest BCUT2D eigenvalue weighted by Crippen LogP contribution is -2.55. The summed E-state index contributed by atoms with van der Waals surface area (Å²) < 4.78 is 0. The van der Waals surface area contributed by atoms with Crippen LogP contribution in [-0.4, -0.2) is 47.3 Å². The molecular formula is C23H27N3O2S. The van der Waals surface area contributed by atoms with Gasteiger partial charge in [0.25, 0.3) is 5.91 Å². The van der Waals surface area contributed by atoms with Crippen LogP contribution in [0, 0.1) is 5.92 Å². The van der Waals surface area contributed by atoms with Crippen LogP contribution in [0.2, 0.25) is 0 Å². The first kappa shape index (κ1) is 18.8. The zero-order valence-corrected chi connectivity index (χ0v) is 17.4. The van der Waals surface area contributed by atoms with Crippen LogP contribution >= 0.6 is 11.3 Å². The summed E-state index contributed by atoms with van der Waals surface area (Å²) in [4.78, 5) is 31.5. The Morgan fingerprint density at radius 3 is 2.90 bits per heavy atom. The summed E-state index contributed by atoms with van der Waals surface area (Å²) in [5.74, 6) is 0.692. The van der Waals surface area contributed by atoms with E-state index in [2.05, 4.69) is 32.6 Å². The minimum Gasteiger partial charge on any atom is -0.345 e. The molecule has 6 heteroatoms. The third-order valence-electron chi connectivity index (χ3n) is 6.70. The van der Waals surface area contributed by atoms with Gasteiger partial charge >= 0.3 is 0 Å². The van der Waals surface area contributed by atoms with Gasteiger partial charge in [-0.1, -0.05) is 24.3 Å². The zero-order valence-electron chi connectivity index (χ0n) is 16.5. The van der Waals surface area contributed by atoms with E-state index in [0.717, 1.165) is 44.6 Å². The maximum atomic E-state index is 13.2. The molecule has 0 saturated carbocycles. The number of fused-ring (bicyclic) bond motifs is 2. The second kappa shape index (κ2) is 7.92. The van der Waals surface area contributed by atoms with E-state index in [1.165, 1.54) is 11.3 Å². The van der Waals surface area contributed by atoms with E-state index < -0.39 is 0 Å². The molecule has 5 rings (SSSR count).